The molecule has 1 saturated heterocycles. The molecule has 1 aliphatic rings. The van der Waals surface area contributed by atoms with Crippen molar-refractivity contribution in [3.8, 4) is 0 Å². The van der Waals surface area contributed by atoms with Gasteiger partial charge < -0.3 is 15.2 Å². The molecule has 3 aromatic rings. The van der Waals surface area contributed by atoms with Gasteiger partial charge in [-0.05, 0) is 30.0 Å². The van der Waals surface area contributed by atoms with Gasteiger partial charge in [0, 0.05) is 37.1 Å². The van der Waals surface area contributed by atoms with Crippen molar-refractivity contribution in [3.63, 3.8) is 0 Å². The molecule has 4 rings (SSSR count). The summed E-state index contributed by atoms with van der Waals surface area (Å²) in [5.41, 5.74) is 2.20. The second-order valence-electron chi connectivity index (χ2n) is 5.96. The van der Waals surface area contributed by atoms with Crippen LogP contribution in [0.1, 0.15) is 16.8 Å². The van der Waals surface area contributed by atoms with Gasteiger partial charge in [0.05, 0.1) is 11.9 Å². The van der Waals surface area contributed by atoms with Crippen LogP contribution in [-0.2, 0) is 11.8 Å². The normalized spacial score (nSPS) is 17.6. The summed E-state index contributed by atoms with van der Waals surface area (Å²) in [6.07, 6.45) is 5.87. The van der Waals surface area contributed by atoms with Gasteiger partial charge >= 0.3 is 0 Å². The maximum atomic E-state index is 12.5. The number of fused-ring (bicyclic) bond motifs is 1. The molecule has 0 spiro atoms. The van der Waals surface area contributed by atoms with Crippen molar-refractivity contribution in [3.05, 3.63) is 48.4 Å². The topological polar surface area (TPSA) is 83.0 Å². The first kappa shape index (κ1) is 14.5. The Balaban J connectivity index is 1.48. The SMILES string of the molecule is Cn1cc(N2CC[C@H](NC(=O)c3ccc4cc[nH]c4c3)C2=O)cn1. The molecule has 1 fully saturated rings. The van der Waals surface area contributed by atoms with Crippen LogP contribution in [0.4, 0.5) is 5.69 Å². The lowest BCUT2D eigenvalue weighted by atomic mass is 10.1. The van der Waals surface area contributed by atoms with Gasteiger partial charge in [0.2, 0.25) is 5.91 Å². The number of carbonyl (C=O) groups is 2. The molecule has 0 saturated carbocycles. The van der Waals surface area contributed by atoms with E-state index in [1.807, 2.05) is 18.3 Å². The third-order valence-corrected chi connectivity index (χ3v) is 4.33. The maximum absolute atomic E-state index is 12.5. The second kappa shape index (κ2) is 5.52. The van der Waals surface area contributed by atoms with E-state index in [0.29, 0.717) is 18.5 Å². The fraction of sp³-hybridized carbons (Fsp3) is 0.235. The minimum Gasteiger partial charge on any atom is -0.361 e. The van der Waals surface area contributed by atoms with E-state index in [1.165, 1.54) is 0 Å². The zero-order chi connectivity index (χ0) is 16.7. The number of benzene rings is 1. The van der Waals surface area contributed by atoms with Crippen LogP contribution in [0.2, 0.25) is 0 Å². The number of rotatable bonds is 3. The quantitative estimate of drug-likeness (QED) is 0.765. The summed E-state index contributed by atoms with van der Waals surface area (Å²) in [4.78, 5) is 29.7. The molecule has 2 N–H and O–H groups in total. The molecule has 1 aromatic carbocycles. The van der Waals surface area contributed by atoms with E-state index in [2.05, 4.69) is 15.4 Å². The van der Waals surface area contributed by atoms with Crippen molar-refractivity contribution in [1.82, 2.24) is 20.1 Å². The van der Waals surface area contributed by atoms with Crippen LogP contribution in [0.15, 0.2) is 42.9 Å². The van der Waals surface area contributed by atoms with Crippen LogP contribution in [0.5, 0.6) is 0 Å². The van der Waals surface area contributed by atoms with Gasteiger partial charge in [-0.3, -0.25) is 14.3 Å². The molecule has 0 radical (unpaired) electrons. The zero-order valence-electron chi connectivity index (χ0n) is 13.2. The molecule has 3 heterocycles. The molecule has 7 nitrogen and oxygen atoms in total. The van der Waals surface area contributed by atoms with Crippen LogP contribution >= 0.6 is 0 Å². The Morgan fingerprint density at radius 3 is 3.04 bits per heavy atom. The average molecular weight is 323 g/mol. The monoisotopic (exact) mass is 323 g/mol. The first-order valence-corrected chi connectivity index (χ1v) is 7.80. The summed E-state index contributed by atoms with van der Waals surface area (Å²) < 4.78 is 1.65. The summed E-state index contributed by atoms with van der Waals surface area (Å²) in [7, 11) is 1.81. The number of aromatic nitrogens is 3. The zero-order valence-corrected chi connectivity index (χ0v) is 13.2. The number of amides is 2. The summed E-state index contributed by atoms with van der Waals surface area (Å²) in [6.45, 7) is 0.575. The number of nitrogens with one attached hydrogen (secondary N) is 2. The van der Waals surface area contributed by atoms with Crippen LogP contribution in [0.25, 0.3) is 10.9 Å². The average Bonchev–Trinajstić information content (AvgIpc) is 3.28. The molecule has 2 aromatic heterocycles. The second-order valence-corrected chi connectivity index (χ2v) is 5.96. The first-order valence-electron chi connectivity index (χ1n) is 7.80. The Morgan fingerprint density at radius 2 is 2.25 bits per heavy atom. The van der Waals surface area contributed by atoms with E-state index in [0.717, 1.165) is 16.6 Å². The number of H-pyrrole nitrogens is 1. The van der Waals surface area contributed by atoms with Gasteiger partial charge in [0.15, 0.2) is 0 Å². The van der Waals surface area contributed by atoms with E-state index in [1.54, 1.807) is 41.2 Å². The highest BCUT2D eigenvalue weighted by molar-refractivity contribution is 6.04. The van der Waals surface area contributed by atoms with Crippen molar-refractivity contribution in [2.24, 2.45) is 7.05 Å². The van der Waals surface area contributed by atoms with Crippen molar-refractivity contribution in [1.29, 1.82) is 0 Å². The molecule has 1 aliphatic heterocycles. The Kier molecular flexibility index (Phi) is 3.34. The predicted molar refractivity (Wildman–Crippen MR) is 89.7 cm³/mol. The Bertz CT molecular complexity index is 926. The lowest BCUT2D eigenvalue weighted by Crippen LogP contribution is -2.41. The highest BCUT2D eigenvalue weighted by Gasteiger charge is 2.34. The Labute approximate surface area is 138 Å². The maximum Gasteiger partial charge on any atom is 0.252 e. The number of carbonyl (C=O) groups excluding carboxylic acids is 2. The molecule has 0 bridgehead atoms. The van der Waals surface area contributed by atoms with Gasteiger partial charge in [-0.1, -0.05) is 6.07 Å². The number of nitrogens with zero attached hydrogens (tertiary/aromatic N) is 3. The third-order valence-electron chi connectivity index (χ3n) is 4.33. The molecule has 24 heavy (non-hydrogen) atoms. The molecule has 0 aliphatic carbocycles. The largest absolute Gasteiger partial charge is 0.361 e. The standard InChI is InChI=1S/C17H17N5O2/c1-21-10-13(9-19-21)22-7-5-14(17(22)24)20-16(23)12-3-2-11-4-6-18-15(11)8-12/h2-4,6,8-10,14,18H,5,7H2,1H3,(H,20,23)/t14-/m0/s1. The first-order chi connectivity index (χ1) is 11.6. The van der Waals surface area contributed by atoms with Crippen LogP contribution in [0, 0.1) is 0 Å². The molecule has 0 unspecified atom stereocenters. The van der Waals surface area contributed by atoms with Gasteiger partial charge in [-0.2, -0.15) is 5.10 Å². The lowest BCUT2D eigenvalue weighted by molar-refractivity contribution is -0.118. The molecule has 1 atom stereocenters. The molecular formula is C17H17N5O2. The van der Waals surface area contributed by atoms with E-state index >= 15 is 0 Å². The highest BCUT2D eigenvalue weighted by atomic mass is 16.2. The number of hydrogen-bond donors (Lipinski definition) is 2. The number of aromatic amines is 1. The summed E-state index contributed by atoms with van der Waals surface area (Å²) in [5.74, 6) is -0.338. The Morgan fingerprint density at radius 1 is 1.38 bits per heavy atom. The van der Waals surface area contributed by atoms with Crippen LogP contribution in [-0.4, -0.2) is 39.2 Å². The van der Waals surface area contributed by atoms with Crippen molar-refractivity contribution >= 4 is 28.4 Å². The van der Waals surface area contributed by atoms with E-state index < -0.39 is 6.04 Å². The number of anilines is 1. The Hall–Kier alpha value is -3.09. The molecular weight excluding hydrogens is 306 g/mol. The van der Waals surface area contributed by atoms with Gasteiger partial charge in [-0.15, -0.1) is 0 Å². The van der Waals surface area contributed by atoms with Crippen molar-refractivity contribution in [2.75, 3.05) is 11.4 Å². The molecule has 7 heteroatoms. The smallest absolute Gasteiger partial charge is 0.252 e. The highest BCUT2D eigenvalue weighted by Crippen LogP contribution is 2.21. The summed E-state index contributed by atoms with van der Waals surface area (Å²) >= 11 is 0. The fourth-order valence-corrected chi connectivity index (χ4v) is 3.05. The van der Waals surface area contributed by atoms with Gasteiger partial charge in [-0.25, -0.2) is 0 Å². The molecule has 122 valence electrons. The van der Waals surface area contributed by atoms with Gasteiger partial charge in [0.25, 0.3) is 5.91 Å². The van der Waals surface area contributed by atoms with E-state index in [4.69, 9.17) is 0 Å². The lowest BCUT2D eigenvalue weighted by Gasteiger charge is -2.15. The van der Waals surface area contributed by atoms with E-state index in [-0.39, 0.29) is 11.8 Å². The molecule has 2 amide bonds. The fourth-order valence-electron chi connectivity index (χ4n) is 3.05. The minimum absolute atomic E-state index is 0.0997. The summed E-state index contributed by atoms with van der Waals surface area (Å²) in [5, 5.41) is 7.97. The van der Waals surface area contributed by atoms with Crippen LogP contribution < -0.4 is 10.2 Å². The number of hydrogen-bond acceptors (Lipinski definition) is 3. The van der Waals surface area contributed by atoms with Crippen molar-refractivity contribution in [2.45, 2.75) is 12.5 Å². The third kappa shape index (κ3) is 2.44. The van der Waals surface area contributed by atoms with Gasteiger partial charge in [0.1, 0.15) is 6.04 Å². The van der Waals surface area contributed by atoms with Crippen molar-refractivity contribution < 1.29 is 9.59 Å². The minimum atomic E-state index is -0.503. The number of aryl methyl sites for hydroxylation is 1. The predicted octanol–water partition coefficient (Wildman–Crippen LogP) is 1.44. The van der Waals surface area contributed by atoms with Crippen LogP contribution in [0.3, 0.4) is 0 Å². The summed E-state index contributed by atoms with van der Waals surface area (Å²) in [6, 6.07) is 6.90. The van der Waals surface area contributed by atoms with E-state index in [9.17, 15) is 9.59 Å².